The minimum atomic E-state index is -0.479. The zero-order valence-corrected chi connectivity index (χ0v) is 12.1. The van der Waals surface area contributed by atoms with Crippen molar-refractivity contribution in [3.63, 3.8) is 0 Å². The van der Waals surface area contributed by atoms with Gasteiger partial charge in [-0.2, -0.15) is 0 Å². The summed E-state index contributed by atoms with van der Waals surface area (Å²) < 4.78 is 0. The van der Waals surface area contributed by atoms with Gasteiger partial charge in [-0.1, -0.05) is 23.8 Å². The first-order chi connectivity index (χ1) is 9.88. The van der Waals surface area contributed by atoms with Crippen molar-refractivity contribution in [3.8, 4) is 0 Å². The quantitative estimate of drug-likeness (QED) is 0.688. The van der Waals surface area contributed by atoms with Gasteiger partial charge in [0.2, 0.25) is 0 Å². The molecule has 0 aromatic heterocycles. The average molecular weight is 284 g/mol. The number of anilines is 1. The minimum absolute atomic E-state index is 0.0446. The van der Waals surface area contributed by atoms with Crippen molar-refractivity contribution in [2.75, 3.05) is 5.32 Å². The lowest BCUT2D eigenvalue weighted by Crippen LogP contribution is -2.14. The van der Waals surface area contributed by atoms with Gasteiger partial charge in [0, 0.05) is 17.7 Å². The van der Waals surface area contributed by atoms with Gasteiger partial charge >= 0.3 is 0 Å². The van der Waals surface area contributed by atoms with Crippen LogP contribution in [0.3, 0.4) is 0 Å². The summed E-state index contributed by atoms with van der Waals surface area (Å²) in [5, 5.41) is 13.6. The van der Waals surface area contributed by atoms with Crippen LogP contribution in [-0.2, 0) is 0 Å². The molecule has 0 saturated carbocycles. The molecule has 0 radical (unpaired) electrons. The maximum atomic E-state index is 12.3. The molecule has 0 spiro atoms. The lowest BCUT2D eigenvalue weighted by atomic mass is 10.0. The summed E-state index contributed by atoms with van der Waals surface area (Å²) in [6.45, 7) is 5.56. The summed E-state index contributed by atoms with van der Waals surface area (Å²) in [5.41, 5.74) is 3.61. The number of benzene rings is 2. The second-order valence-electron chi connectivity index (χ2n) is 5.03. The predicted molar refractivity (Wildman–Crippen MR) is 81.7 cm³/mol. The fraction of sp³-hybridized carbons (Fsp3) is 0.188. The molecular weight excluding hydrogens is 268 g/mol. The molecule has 108 valence electrons. The Morgan fingerprint density at radius 2 is 1.71 bits per heavy atom. The van der Waals surface area contributed by atoms with Gasteiger partial charge in [0.15, 0.2) is 0 Å². The van der Waals surface area contributed by atoms with E-state index in [1.54, 1.807) is 19.1 Å². The topological polar surface area (TPSA) is 72.2 Å². The van der Waals surface area contributed by atoms with E-state index in [0.29, 0.717) is 11.3 Å². The Labute approximate surface area is 122 Å². The Morgan fingerprint density at radius 1 is 1.05 bits per heavy atom. The minimum Gasteiger partial charge on any atom is -0.321 e. The second kappa shape index (κ2) is 5.75. The van der Waals surface area contributed by atoms with Gasteiger partial charge in [0.05, 0.1) is 10.6 Å². The van der Waals surface area contributed by atoms with Gasteiger partial charge < -0.3 is 5.32 Å². The number of hydrogen-bond donors (Lipinski definition) is 1. The molecule has 0 bridgehead atoms. The molecule has 2 rings (SSSR count). The van der Waals surface area contributed by atoms with Crippen molar-refractivity contribution in [2.45, 2.75) is 20.8 Å². The van der Waals surface area contributed by atoms with E-state index in [9.17, 15) is 14.9 Å². The smallest absolute Gasteiger partial charge is 0.271 e. The number of aryl methyl sites for hydroxylation is 3. The van der Waals surface area contributed by atoms with Crippen LogP contribution in [0.2, 0.25) is 0 Å². The Morgan fingerprint density at radius 3 is 2.38 bits per heavy atom. The Bertz CT molecular complexity index is 723. The normalized spacial score (nSPS) is 10.2. The van der Waals surface area contributed by atoms with E-state index in [2.05, 4.69) is 5.32 Å². The van der Waals surface area contributed by atoms with Gasteiger partial charge in [-0.15, -0.1) is 0 Å². The van der Waals surface area contributed by atoms with E-state index >= 15 is 0 Å². The number of carbonyl (C=O) groups is 1. The molecule has 0 heterocycles. The predicted octanol–water partition coefficient (Wildman–Crippen LogP) is 3.77. The van der Waals surface area contributed by atoms with Gasteiger partial charge in [-0.05, 0) is 38.0 Å². The van der Waals surface area contributed by atoms with Crippen LogP contribution in [0.25, 0.3) is 0 Å². The van der Waals surface area contributed by atoms with Crippen molar-refractivity contribution in [2.24, 2.45) is 0 Å². The summed E-state index contributed by atoms with van der Waals surface area (Å²) >= 11 is 0. The van der Waals surface area contributed by atoms with E-state index in [4.69, 9.17) is 0 Å². The zero-order chi connectivity index (χ0) is 15.6. The van der Waals surface area contributed by atoms with Crippen molar-refractivity contribution in [1.29, 1.82) is 0 Å². The fourth-order valence-electron chi connectivity index (χ4n) is 2.03. The van der Waals surface area contributed by atoms with Crippen LogP contribution >= 0.6 is 0 Å². The van der Waals surface area contributed by atoms with Crippen molar-refractivity contribution in [3.05, 3.63) is 68.8 Å². The highest BCUT2D eigenvalue weighted by atomic mass is 16.6. The zero-order valence-electron chi connectivity index (χ0n) is 12.1. The third-order valence-electron chi connectivity index (χ3n) is 3.32. The summed E-state index contributed by atoms with van der Waals surface area (Å²) in [7, 11) is 0. The van der Waals surface area contributed by atoms with Crippen molar-refractivity contribution in [1.82, 2.24) is 0 Å². The first kappa shape index (κ1) is 14.7. The van der Waals surface area contributed by atoms with Gasteiger partial charge in [-0.3, -0.25) is 14.9 Å². The number of carbonyl (C=O) groups excluding carboxylic acids is 1. The van der Waals surface area contributed by atoms with E-state index in [1.165, 1.54) is 12.1 Å². The molecule has 1 amide bonds. The SMILES string of the molecule is Cc1ccc(C)c(C(=O)Nc2cc([N+](=O)[O-])ccc2C)c1. The number of nitro benzene ring substituents is 1. The number of nitrogens with one attached hydrogen (secondary N) is 1. The standard InChI is InChI=1S/C16H16N2O3/c1-10-4-5-11(2)14(8-10)16(19)17-15-9-13(18(20)21)7-6-12(15)3/h4-9H,1-3H3,(H,17,19). The Balaban J connectivity index is 2.33. The molecule has 0 atom stereocenters. The molecule has 21 heavy (non-hydrogen) atoms. The van der Waals surface area contributed by atoms with E-state index in [-0.39, 0.29) is 11.6 Å². The molecule has 0 aliphatic carbocycles. The largest absolute Gasteiger partial charge is 0.321 e. The molecule has 0 saturated heterocycles. The summed E-state index contributed by atoms with van der Waals surface area (Å²) in [6.07, 6.45) is 0. The van der Waals surface area contributed by atoms with Crippen LogP contribution in [0.1, 0.15) is 27.0 Å². The second-order valence-corrected chi connectivity index (χ2v) is 5.03. The molecule has 1 N–H and O–H groups in total. The third kappa shape index (κ3) is 3.25. The molecular formula is C16H16N2O3. The average Bonchev–Trinajstić information content (AvgIpc) is 2.43. The number of non-ortho nitro benzene ring substituents is 1. The van der Waals surface area contributed by atoms with Crippen molar-refractivity contribution < 1.29 is 9.72 Å². The first-order valence-corrected chi connectivity index (χ1v) is 6.52. The van der Waals surface area contributed by atoms with E-state index in [0.717, 1.165) is 16.7 Å². The highest BCUT2D eigenvalue weighted by Gasteiger charge is 2.13. The molecule has 5 heteroatoms. The molecule has 2 aromatic carbocycles. The lowest BCUT2D eigenvalue weighted by molar-refractivity contribution is -0.384. The van der Waals surface area contributed by atoms with Crippen LogP contribution in [-0.4, -0.2) is 10.8 Å². The maximum absolute atomic E-state index is 12.3. The molecule has 0 unspecified atom stereocenters. The monoisotopic (exact) mass is 284 g/mol. The number of rotatable bonds is 3. The first-order valence-electron chi connectivity index (χ1n) is 6.52. The van der Waals surface area contributed by atoms with Crippen LogP contribution in [0.5, 0.6) is 0 Å². The highest BCUT2D eigenvalue weighted by molar-refractivity contribution is 6.05. The molecule has 5 nitrogen and oxygen atoms in total. The molecule has 0 aliphatic heterocycles. The number of hydrogen-bond acceptors (Lipinski definition) is 3. The number of amides is 1. The molecule has 0 aliphatic rings. The number of nitro groups is 1. The van der Waals surface area contributed by atoms with Crippen LogP contribution in [0.4, 0.5) is 11.4 Å². The van der Waals surface area contributed by atoms with Gasteiger partial charge in [-0.25, -0.2) is 0 Å². The van der Waals surface area contributed by atoms with Crippen LogP contribution in [0.15, 0.2) is 36.4 Å². The molecule has 2 aromatic rings. The lowest BCUT2D eigenvalue weighted by Gasteiger charge is -2.10. The number of nitrogens with zero attached hydrogens (tertiary/aromatic N) is 1. The molecule has 0 fully saturated rings. The summed E-state index contributed by atoms with van der Waals surface area (Å²) in [5.74, 6) is -0.264. The highest BCUT2D eigenvalue weighted by Crippen LogP contribution is 2.23. The third-order valence-corrected chi connectivity index (χ3v) is 3.32. The Kier molecular flexibility index (Phi) is 4.03. The van der Waals surface area contributed by atoms with E-state index in [1.807, 2.05) is 26.0 Å². The Hall–Kier alpha value is -2.69. The maximum Gasteiger partial charge on any atom is 0.271 e. The van der Waals surface area contributed by atoms with Crippen LogP contribution < -0.4 is 5.32 Å². The van der Waals surface area contributed by atoms with Gasteiger partial charge in [0.25, 0.3) is 11.6 Å². The van der Waals surface area contributed by atoms with Crippen LogP contribution in [0, 0.1) is 30.9 Å². The fourth-order valence-corrected chi connectivity index (χ4v) is 2.03. The summed E-state index contributed by atoms with van der Waals surface area (Å²) in [6, 6.07) is 10.0. The van der Waals surface area contributed by atoms with Crippen molar-refractivity contribution >= 4 is 17.3 Å². The van der Waals surface area contributed by atoms with Gasteiger partial charge in [0.1, 0.15) is 0 Å². The van der Waals surface area contributed by atoms with E-state index < -0.39 is 4.92 Å². The summed E-state index contributed by atoms with van der Waals surface area (Å²) in [4.78, 5) is 22.7.